The molecule has 0 saturated carbocycles. The Morgan fingerprint density at radius 2 is 1.45 bits per heavy atom. The van der Waals surface area contributed by atoms with Gasteiger partial charge < -0.3 is 23.8 Å². The molecule has 0 rings (SSSR count). The topological polar surface area (TPSA) is 102 Å². The van der Waals surface area contributed by atoms with Crippen LogP contribution in [0, 0.1) is 0 Å². The average Bonchev–Trinajstić information content (AvgIpc) is 2.74. The van der Waals surface area contributed by atoms with Crippen LogP contribution in [0.3, 0.4) is 0 Å². The first-order valence-electron chi connectivity index (χ1n) is 12.6. The van der Waals surface area contributed by atoms with Crippen LogP contribution in [0.1, 0.15) is 110 Å². The summed E-state index contributed by atoms with van der Waals surface area (Å²) in [5.41, 5.74) is 0. The van der Waals surface area contributed by atoms with E-state index in [4.69, 9.17) is 18.9 Å². The Kier molecular flexibility index (Phi) is 20.7. The number of esters is 1. The van der Waals surface area contributed by atoms with Gasteiger partial charge in [0.05, 0.1) is 19.1 Å². The van der Waals surface area contributed by atoms with Crippen LogP contribution in [0.5, 0.6) is 0 Å². The molecular weight excluding hydrogens is 443 g/mol. The van der Waals surface area contributed by atoms with E-state index in [0.29, 0.717) is 6.42 Å². The van der Waals surface area contributed by atoms with Crippen LogP contribution < -0.4 is 0 Å². The first-order chi connectivity index (χ1) is 15.8. The fourth-order valence-corrected chi connectivity index (χ4v) is 4.30. The fraction of sp³-hybridized carbons (Fsp3) is 0.800. The van der Waals surface area contributed by atoms with Crippen LogP contribution in [-0.2, 0) is 23.4 Å². The Bertz CT molecular complexity index is 577. The highest BCUT2D eigenvalue weighted by molar-refractivity contribution is 7.58. The highest BCUT2D eigenvalue weighted by Gasteiger charge is 2.18. The lowest BCUT2D eigenvalue weighted by Crippen LogP contribution is -2.19. The molecule has 0 aromatic heterocycles. The molecule has 7 nitrogen and oxygen atoms in total. The molecule has 8 heteroatoms. The largest absolute Gasteiger partial charge is 0.481 e. The maximum absolute atomic E-state index is 11.8. The van der Waals surface area contributed by atoms with Crippen molar-refractivity contribution in [3.05, 3.63) is 12.2 Å². The van der Waals surface area contributed by atoms with Crippen molar-refractivity contribution < 1.29 is 33.4 Å². The third-order valence-electron chi connectivity index (χ3n) is 5.08. The molecule has 0 aliphatic rings. The molecule has 0 radical (unpaired) electrons. The molecule has 194 valence electrons. The molecule has 0 aliphatic carbocycles. The molecule has 0 heterocycles. The van der Waals surface area contributed by atoms with Gasteiger partial charge in [-0.3, -0.25) is 9.59 Å². The lowest BCUT2D eigenvalue weighted by molar-refractivity contribution is -0.146. The summed E-state index contributed by atoms with van der Waals surface area (Å²) >= 11 is 0. The number of allylic oxidation sites excluding steroid dienone is 2. The quantitative estimate of drug-likeness (QED) is 0.0715. The Morgan fingerprint density at radius 3 is 2.03 bits per heavy atom. The third kappa shape index (κ3) is 23.8. The highest BCUT2D eigenvalue weighted by atomic mass is 31.2. The number of hydrogen-bond acceptors (Lipinski definition) is 6. The molecule has 0 spiro atoms. The second kappa shape index (κ2) is 21.4. The minimum absolute atomic E-state index is 0.00989. The van der Waals surface area contributed by atoms with Gasteiger partial charge in [0, 0.05) is 6.42 Å². The lowest BCUT2D eigenvalue weighted by atomic mass is 10.1. The van der Waals surface area contributed by atoms with Crippen molar-refractivity contribution in [3.63, 3.8) is 0 Å². The molecule has 0 aromatic carbocycles. The summed E-state index contributed by atoms with van der Waals surface area (Å²) in [6, 6.07) is 0. The van der Waals surface area contributed by atoms with Crippen molar-refractivity contribution in [1.29, 1.82) is 0 Å². The number of unbranched alkanes of at least 4 members (excludes halogenated alkanes) is 11. The minimum atomic E-state index is -3.38. The van der Waals surface area contributed by atoms with Gasteiger partial charge in [-0.05, 0) is 45.3 Å². The van der Waals surface area contributed by atoms with Gasteiger partial charge in [-0.1, -0.05) is 70.4 Å². The van der Waals surface area contributed by atoms with Gasteiger partial charge in [-0.15, -0.1) is 0 Å². The van der Waals surface area contributed by atoms with Crippen LogP contribution >= 0.6 is 7.57 Å². The van der Waals surface area contributed by atoms with Crippen molar-refractivity contribution >= 4 is 25.8 Å². The summed E-state index contributed by atoms with van der Waals surface area (Å²) in [4.78, 5) is 32.2. The number of carbonyl (C=O) groups is 2. The standard InChI is InChI=1S/C25H47O7P/c1-4-5-6-7-8-9-10-11-12-13-14-15-16-17-18-19-25(28)30-22-23(2)32-33(3,29)31-21-20-24(26)27/h11-12,23,29H,3-10,13-22H2,1-2H3,(H,26,27)/b12-11-. The summed E-state index contributed by atoms with van der Waals surface area (Å²) < 4.78 is 15.4. The second-order valence-corrected chi connectivity index (χ2v) is 10.3. The number of ether oxygens (including phenoxy) is 1. The first kappa shape index (κ1) is 31.9. The second-order valence-electron chi connectivity index (χ2n) is 8.55. The molecule has 2 N–H and O–H groups in total. The van der Waals surface area contributed by atoms with Gasteiger partial charge in [-0.25, -0.2) is 0 Å². The predicted octanol–water partition coefficient (Wildman–Crippen LogP) is 6.65. The van der Waals surface area contributed by atoms with Gasteiger partial charge in [-0.2, -0.15) is 0 Å². The molecule has 0 aromatic rings. The Hall–Kier alpha value is -1.14. The Balaban J connectivity index is 3.57. The molecule has 0 aliphatic heterocycles. The molecule has 0 saturated heterocycles. The molecule has 2 atom stereocenters. The Morgan fingerprint density at radius 1 is 0.909 bits per heavy atom. The van der Waals surface area contributed by atoms with Gasteiger partial charge in [0.2, 0.25) is 7.57 Å². The first-order valence-corrected chi connectivity index (χ1v) is 14.3. The maximum atomic E-state index is 11.8. The number of carbonyl (C=O) groups excluding carboxylic acids is 1. The maximum Gasteiger partial charge on any atom is 0.305 e. The van der Waals surface area contributed by atoms with E-state index >= 15 is 0 Å². The van der Waals surface area contributed by atoms with E-state index < -0.39 is 19.6 Å². The number of carboxylic acid groups (broad SMARTS) is 1. The van der Waals surface area contributed by atoms with E-state index in [1.165, 1.54) is 57.8 Å². The summed E-state index contributed by atoms with van der Waals surface area (Å²) in [5.74, 6) is -1.33. The summed E-state index contributed by atoms with van der Waals surface area (Å²) in [5, 5.41) is 8.57. The smallest absolute Gasteiger partial charge is 0.305 e. The van der Waals surface area contributed by atoms with E-state index in [1.54, 1.807) is 6.92 Å². The number of carboxylic acids is 1. The van der Waals surface area contributed by atoms with Crippen LogP contribution in [-0.4, -0.2) is 47.6 Å². The lowest BCUT2D eigenvalue weighted by Gasteiger charge is -2.22. The van der Waals surface area contributed by atoms with Crippen LogP contribution in [0.15, 0.2) is 12.2 Å². The molecule has 33 heavy (non-hydrogen) atoms. The molecule has 0 amide bonds. The van der Waals surface area contributed by atoms with Gasteiger partial charge >= 0.3 is 11.9 Å². The van der Waals surface area contributed by atoms with Crippen LogP contribution in [0.4, 0.5) is 0 Å². The summed E-state index contributed by atoms with van der Waals surface area (Å²) in [6.45, 7) is 3.68. The van der Waals surface area contributed by atoms with Crippen LogP contribution in [0.2, 0.25) is 0 Å². The van der Waals surface area contributed by atoms with Crippen molar-refractivity contribution in [3.8, 4) is 0 Å². The van der Waals surface area contributed by atoms with E-state index in [9.17, 15) is 14.5 Å². The van der Waals surface area contributed by atoms with Gasteiger partial charge in [0.15, 0.2) is 0 Å². The molecule has 0 fully saturated rings. The van der Waals surface area contributed by atoms with E-state index in [2.05, 4.69) is 25.4 Å². The minimum Gasteiger partial charge on any atom is -0.481 e. The molecular formula is C25H47O7P. The van der Waals surface area contributed by atoms with Gasteiger partial charge in [0.25, 0.3) is 0 Å². The average molecular weight is 491 g/mol. The van der Waals surface area contributed by atoms with Crippen molar-refractivity contribution in [1.82, 2.24) is 0 Å². The zero-order valence-electron chi connectivity index (χ0n) is 20.8. The van der Waals surface area contributed by atoms with E-state index in [-0.39, 0.29) is 25.6 Å². The zero-order chi connectivity index (χ0) is 24.8. The predicted molar refractivity (Wildman–Crippen MR) is 135 cm³/mol. The monoisotopic (exact) mass is 490 g/mol. The summed E-state index contributed by atoms with van der Waals surface area (Å²) in [7, 11) is -3.38. The van der Waals surface area contributed by atoms with Crippen LogP contribution in [0.25, 0.3) is 0 Å². The highest BCUT2D eigenvalue weighted by Crippen LogP contribution is 2.43. The van der Waals surface area contributed by atoms with Crippen molar-refractivity contribution in [2.45, 2.75) is 116 Å². The SMILES string of the molecule is C=P(O)(OCCC(=O)O)OC(C)COC(=O)CCCCCCC/C=C\CCCCCCCC. The summed E-state index contributed by atoms with van der Waals surface area (Å²) in [6.07, 6.45) is 23.3. The number of rotatable bonds is 23. The van der Waals surface area contributed by atoms with E-state index in [1.807, 2.05) is 0 Å². The zero-order valence-corrected chi connectivity index (χ0v) is 21.7. The van der Waals surface area contributed by atoms with E-state index in [0.717, 1.165) is 25.7 Å². The third-order valence-corrected chi connectivity index (χ3v) is 6.35. The van der Waals surface area contributed by atoms with Gasteiger partial charge in [0.1, 0.15) is 6.61 Å². The number of aliphatic carboxylic acids is 1. The van der Waals surface area contributed by atoms with Crippen molar-refractivity contribution in [2.75, 3.05) is 13.2 Å². The Labute approximate surface area is 201 Å². The normalized spacial score (nSPS) is 14.3. The van der Waals surface area contributed by atoms with Crippen molar-refractivity contribution in [2.24, 2.45) is 0 Å². The molecule has 2 unspecified atom stereocenters. The molecule has 0 bridgehead atoms. The number of hydrogen-bond donors (Lipinski definition) is 2. The fourth-order valence-electron chi connectivity index (χ4n) is 3.24.